The maximum absolute atomic E-state index is 12.7. The van der Waals surface area contributed by atoms with Crippen LogP contribution in [0, 0.1) is 13.8 Å². The van der Waals surface area contributed by atoms with Gasteiger partial charge in [-0.2, -0.15) is 0 Å². The van der Waals surface area contributed by atoms with E-state index in [0.717, 1.165) is 29.7 Å². The van der Waals surface area contributed by atoms with E-state index in [0.29, 0.717) is 0 Å². The third-order valence-electron chi connectivity index (χ3n) is 5.52. The Morgan fingerprint density at radius 2 is 1.81 bits per heavy atom. The first-order valence-electron chi connectivity index (χ1n) is 10.1. The molecule has 3 rings (SSSR count). The van der Waals surface area contributed by atoms with Crippen LogP contribution in [-0.2, 0) is 17.6 Å². The highest BCUT2D eigenvalue weighted by atomic mass is 16.5. The summed E-state index contributed by atoms with van der Waals surface area (Å²) in [7, 11) is 0. The monoisotopic (exact) mass is 365 g/mol. The van der Waals surface area contributed by atoms with Crippen molar-refractivity contribution in [3.8, 4) is 5.75 Å². The predicted octanol–water partition coefficient (Wildman–Crippen LogP) is 5.22. The topological polar surface area (TPSA) is 38.3 Å². The highest BCUT2D eigenvalue weighted by molar-refractivity contribution is 5.81. The molecular formula is C24H31NO2. The Labute approximate surface area is 163 Å². The van der Waals surface area contributed by atoms with Crippen LogP contribution in [0.15, 0.2) is 36.4 Å². The number of aryl methyl sites for hydroxylation is 4. The molecule has 1 aliphatic carbocycles. The fourth-order valence-electron chi connectivity index (χ4n) is 3.76. The van der Waals surface area contributed by atoms with E-state index in [4.69, 9.17) is 4.74 Å². The second kappa shape index (κ2) is 8.60. The first kappa shape index (κ1) is 19.5. The van der Waals surface area contributed by atoms with E-state index in [2.05, 4.69) is 36.5 Å². The number of nitrogens with one attached hydrogen (secondary N) is 1. The Hall–Kier alpha value is -2.29. The van der Waals surface area contributed by atoms with Crippen molar-refractivity contribution >= 4 is 5.91 Å². The number of carbonyl (C=O) groups is 1. The largest absolute Gasteiger partial charge is 0.481 e. The van der Waals surface area contributed by atoms with E-state index in [9.17, 15) is 4.79 Å². The number of hydrogen-bond donors (Lipinski definition) is 1. The van der Waals surface area contributed by atoms with Gasteiger partial charge < -0.3 is 10.1 Å². The van der Waals surface area contributed by atoms with Gasteiger partial charge in [-0.15, -0.1) is 0 Å². The molecule has 0 saturated carbocycles. The summed E-state index contributed by atoms with van der Waals surface area (Å²) in [6, 6.07) is 12.8. The highest BCUT2D eigenvalue weighted by Gasteiger charge is 2.21. The molecule has 0 saturated heterocycles. The second-order valence-corrected chi connectivity index (χ2v) is 7.73. The molecule has 3 nitrogen and oxygen atoms in total. The fourth-order valence-corrected chi connectivity index (χ4v) is 3.76. The summed E-state index contributed by atoms with van der Waals surface area (Å²) in [5, 5.41) is 3.18. The van der Waals surface area contributed by atoms with Gasteiger partial charge in [0.1, 0.15) is 5.75 Å². The van der Waals surface area contributed by atoms with Crippen molar-refractivity contribution in [2.45, 2.75) is 71.9 Å². The Bertz CT molecular complexity index is 812. The third-order valence-corrected chi connectivity index (χ3v) is 5.52. The molecule has 2 aromatic carbocycles. The molecule has 0 heterocycles. The quantitative estimate of drug-likeness (QED) is 0.762. The molecule has 1 amide bonds. The molecule has 1 aliphatic rings. The first-order chi connectivity index (χ1) is 13.0. The minimum atomic E-state index is -0.530. The van der Waals surface area contributed by atoms with Gasteiger partial charge in [-0.25, -0.2) is 0 Å². The smallest absolute Gasteiger partial charge is 0.261 e. The first-order valence-corrected chi connectivity index (χ1v) is 10.1. The van der Waals surface area contributed by atoms with E-state index < -0.39 is 6.10 Å². The van der Waals surface area contributed by atoms with Gasteiger partial charge in [-0.3, -0.25) is 4.79 Å². The Morgan fingerprint density at radius 1 is 1.07 bits per heavy atom. The van der Waals surface area contributed by atoms with Crippen LogP contribution in [0.1, 0.15) is 67.0 Å². The van der Waals surface area contributed by atoms with Gasteiger partial charge in [-0.1, -0.05) is 37.3 Å². The van der Waals surface area contributed by atoms with Gasteiger partial charge in [0.15, 0.2) is 6.10 Å². The molecule has 0 aliphatic heterocycles. The van der Waals surface area contributed by atoms with Crippen LogP contribution >= 0.6 is 0 Å². The van der Waals surface area contributed by atoms with Crippen LogP contribution in [0.3, 0.4) is 0 Å². The van der Waals surface area contributed by atoms with Gasteiger partial charge in [-0.05, 0) is 86.8 Å². The average Bonchev–Trinajstić information content (AvgIpc) is 2.68. The summed E-state index contributed by atoms with van der Waals surface area (Å²) >= 11 is 0. The zero-order valence-corrected chi connectivity index (χ0v) is 17.0. The Balaban J connectivity index is 1.68. The lowest BCUT2D eigenvalue weighted by Gasteiger charge is -2.24. The summed E-state index contributed by atoms with van der Waals surface area (Å²) < 4.78 is 5.95. The molecule has 144 valence electrons. The van der Waals surface area contributed by atoms with Crippen LogP contribution in [0.2, 0.25) is 0 Å². The summed E-state index contributed by atoms with van der Waals surface area (Å²) in [6.45, 7) is 7.96. The predicted molar refractivity (Wildman–Crippen MR) is 110 cm³/mol. The Kier molecular flexibility index (Phi) is 6.20. The number of hydrogen-bond acceptors (Lipinski definition) is 2. The van der Waals surface area contributed by atoms with E-state index in [-0.39, 0.29) is 11.9 Å². The molecule has 2 atom stereocenters. The number of amides is 1. The van der Waals surface area contributed by atoms with Crippen molar-refractivity contribution < 1.29 is 9.53 Å². The van der Waals surface area contributed by atoms with E-state index in [1.807, 2.05) is 32.9 Å². The van der Waals surface area contributed by atoms with Crippen molar-refractivity contribution in [2.75, 3.05) is 0 Å². The van der Waals surface area contributed by atoms with Gasteiger partial charge >= 0.3 is 0 Å². The molecule has 0 unspecified atom stereocenters. The number of rotatable bonds is 6. The van der Waals surface area contributed by atoms with Gasteiger partial charge in [0.25, 0.3) is 5.91 Å². The second-order valence-electron chi connectivity index (χ2n) is 7.73. The minimum Gasteiger partial charge on any atom is -0.481 e. The number of ether oxygens (including phenoxy) is 1. The number of fused-ring (bicyclic) bond motifs is 1. The highest BCUT2D eigenvalue weighted by Crippen LogP contribution is 2.26. The van der Waals surface area contributed by atoms with E-state index >= 15 is 0 Å². The van der Waals surface area contributed by atoms with E-state index in [1.165, 1.54) is 36.0 Å². The van der Waals surface area contributed by atoms with Crippen LogP contribution in [0.4, 0.5) is 0 Å². The summed E-state index contributed by atoms with van der Waals surface area (Å²) in [5.41, 5.74) is 6.29. The van der Waals surface area contributed by atoms with Crippen molar-refractivity contribution in [2.24, 2.45) is 0 Å². The normalized spacial score (nSPS) is 15.6. The molecule has 0 bridgehead atoms. The van der Waals surface area contributed by atoms with Crippen molar-refractivity contribution in [3.63, 3.8) is 0 Å². The van der Waals surface area contributed by atoms with Crippen LogP contribution < -0.4 is 10.1 Å². The zero-order valence-electron chi connectivity index (χ0n) is 17.0. The molecule has 27 heavy (non-hydrogen) atoms. The lowest BCUT2D eigenvalue weighted by atomic mass is 9.89. The molecule has 3 heteroatoms. The minimum absolute atomic E-state index is 0.0226. The standard InChI is InChI=1S/C24H31NO2/c1-5-22(21-13-12-19-8-6-7-9-20(19)15-21)25-24(26)18(4)27-23-14-16(2)10-11-17(23)3/h10-15,18,22H,5-9H2,1-4H3,(H,25,26)/t18-,22-/m1/s1. The Morgan fingerprint density at radius 3 is 2.56 bits per heavy atom. The molecule has 0 aromatic heterocycles. The van der Waals surface area contributed by atoms with Crippen molar-refractivity contribution in [1.82, 2.24) is 5.32 Å². The molecule has 0 spiro atoms. The third kappa shape index (κ3) is 4.71. The fraction of sp³-hybridized carbons (Fsp3) is 0.458. The van der Waals surface area contributed by atoms with Crippen LogP contribution in [0.5, 0.6) is 5.75 Å². The van der Waals surface area contributed by atoms with Crippen molar-refractivity contribution in [1.29, 1.82) is 0 Å². The lowest BCUT2D eigenvalue weighted by Crippen LogP contribution is -2.38. The van der Waals surface area contributed by atoms with Crippen LogP contribution in [0.25, 0.3) is 0 Å². The van der Waals surface area contributed by atoms with Gasteiger partial charge in [0.05, 0.1) is 6.04 Å². The maximum atomic E-state index is 12.7. The molecule has 0 fully saturated rings. The lowest BCUT2D eigenvalue weighted by molar-refractivity contribution is -0.128. The number of benzene rings is 2. The molecule has 0 radical (unpaired) electrons. The van der Waals surface area contributed by atoms with Crippen LogP contribution in [-0.4, -0.2) is 12.0 Å². The zero-order chi connectivity index (χ0) is 19.4. The van der Waals surface area contributed by atoms with Gasteiger partial charge in [0.2, 0.25) is 0 Å². The molecular weight excluding hydrogens is 334 g/mol. The summed E-state index contributed by atoms with van der Waals surface area (Å²) in [5.74, 6) is 0.708. The van der Waals surface area contributed by atoms with Gasteiger partial charge in [0, 0.05) is 0 Å². The summed E-state index contributed by atoms with van der Waals surface area (Å²) in [4.78, 5) is 12.7. The molecule has 1 N–H and O–H groups in total. The van der Waals surface area contributed by atoms with E-state index in [1.54, 1.807) is 0 Å². The maximum Gasteiger partial charge on any atom is 0.261 e. The van der Waals surface area contributed by atoms with Crippen molar-refractivity contribution in [3.05, 3.63) is 64.2 Å². The number of carbonyl (C=O) groups excluding carboxylic acids is 1. The molecule has 2 aromatic rings. The average molecular weight is 366 g/mol. The SMILES string of the molecule is CC[C@@H](NC(=O)[C@@H](C)Oc1cc(C)ccc1C)c1ccc2c(c1)CCCC2. The summed E-state index contributed by atoms with van der Waals surface area (Å²) in [6.07, 6.45) is 5.21.